The predicted molar refractivity (Wildman–Crippen MR) is 124 cm³/mol. The van der Waals surface area contributed by atoms with Gasteiger partial charge in [0.25, 0.3) is 0 Å². The Kier molecular flexibility index (Phi) is 4.87. The number of hydrogen-bond acceptors (Lipinski definition) is 7. The van der Waals surface area contributed by atoms with Gasteiger partial charge in [-0.3, -0.25) is 14.5 Å². The van der Waals surface area contributed by atoms with Crippen molar-refractivity contribution in [2.24, 2.45) is 5.92 Å². The Morgan fingerprint density at radius 3 is 2.58 bits per heavy atom. The van der Waals surface area contributed by atoms with E-state index in [0.717, 1.165) is 10.3 Å². The first-order chi connectivity index (χ1) is 15.6. The molecule has 2 aliphatic heterocycles. The lowest BCUT2D eigenvalue weighted by molar-refractivity contribution is -0.120. The Labute approximate surface area is 193 Å². The van der Waals surface area contributed by atoms with Gasteiger partial charge in [-0.1, -0.05) is 12.1 Å². The fourth-order valence-corrected chi connectivity index (χ4v) is 6.43. The standard InChI is InChI=1S/C23H18FN3O4S2/c1-12-8-16-21(28)20(18-11-33(30,31)19-9-15(25)6-7-17(19)26-18)22(29)27(23(16)32-12)10-13-2-4-14(24)5-3-13/h2-9,11,20,26H,10,25H2,1H3. The molecule has 7 nitrogen and oxygen atoms in total. The largest absolute Gasteiger partial charge is 0.399 e. The molecule has 0 saturated heterocycles. The lowest BCUT2D eigenvalue weighted by Crippen LogP contribution is -2.45. The van der Waals surface area contributed by atoms with Crippen molar-refractivity contribution in [1.29, 1.82) is 0 Å². The van der Waals surface area contributed by atoms with E-state index in [2.05, 4.69) is 5.32 Å². The van der Waals surface area contributed by atoms with Crippen LogP contribution in [0.2, 0.25) is 0 Å². The molecule has 0 saturated carbocycles. The van der Waals surface area contributed by atoms with Crippen LogP contribution in [0.1, 0.15) is 20.8 Å². The number of hydrogen-bond donors (Lipinski definition) is 2. The zero-order chi connectivity index (χ0) is 23.5. The minimum Gasteiger partial charge on any atom is -0.399 e. The molecule has 1 amide bonds. The van der Waals surface area contributed by atoms with Crippen molar-refractivity contribution in [1.82, 2.24) is 0 Å². The summed E-state index contributed by atoms with van der Waals surface area (Å²) in [6, 6.07) is 11.8. The van der Waals surface area contributed by atoms with Gasteiger partial charge >= 0.3 is 0 Å². The van der Waals surface area contributed by atoms with Crippen LogP contribution >= 0.6 is 11.3 Å². The van der Waals surface area contributed by atoms with Gasteiger partial charge in [0.15, 0.2) is 5.78 Å². The van der Waals surface area contributed by atoms with Gasteiger partial charge in [0.1, 0.15) is 16.7 Å². The molecule has 0 radical (unpaired) electrons. The summed E-state index contributed by atoms with van der Waals surface area (Å²) < 4.78 is 39.2. The summed E-state index contributed by atoms with van der Waals surface area (Å²) in [7, 11) is -3.93. The smallest absolute Gasteiger partial charge is 0.244 e. The number of nitrogens with zero attached hydrogens (tertiary/aromatic N) is 1. The maximum atomic E-state index is 13.6. The lowest BCUT2D eigenvalue weighted by atomic mass is 9.90. The highest BCUT2D eigenvalue weighted by Crippen LogP contribution is 2.42. The zero-order valence-corrected chi connectivity index (χ0v) is 19.0. The molecule has 2 aliphatic rings. The Hall–Kier alpha value is -3.50. The highest BCUT2D eigenvalue weighted by atomic mass is 32.2. The number of nitrogen functional groups attached to an aromatic ring is 1. The summed E-state index contributed by atoms with van der Waals surface area (Å²) in [4.78, 5) is 29.3. The number of halogens is 1. The number of nitrogens with two attached hydrogens (primary N) is 1. The molecule has 0 fully saturated rings. The molecule has 1 aromatic heterocycles. The fraction of sp³-hybridized carbons (Fsp3) is 0.130. The number of Topliss-reactive ketones (excluding diaryl/α,β-unsaturated/α-hetero) is 1. The molecule has 1 atom stereocenters. The van der Waals surface area contributed by atoms with E-state index < -0.39 is 33.3 Å². The van der Waals surface area contributed by atoms with Gasteiger partial charge in [0.2, 0.25) is 15.7 Å². The second-order valence-corrected chi connectivity index (χ2v) is 10.9. The first kappa shape index (κ1) is 21.4. The number of sulfone groups is 1. The Bertz CT molecular complexity index is 1460. The van der Waals surface area contributed by atoms with E-state index in [1.807, 2.05) is 6.92 Å². The van der Waals surface area contributed by atoms with E-state index in [4.69, 9.17) is 5.73 Å². The van der Waals surface area contributed by atoms with Gasteiger partial charge in [-0.25, -0.2) is 12.8 Å². The van der Waals surface area contributed by atoms with Crippen LogP contribution in [0.3, 0.4) is 0 Å². The lowest BCUT2D eigenvalue weighted by Gasteiger charge is -2.33. The summed E-state index contributed by atoms with van der Waals surface area (Å²) in [5.74, 6) is -2.77. The first-order valence-corrected chi connectivity index (χ1v) is 12.3. The number of carbonyl (C=O) groups is 2. The van der Waals surface area contributed by atoms with Crippen molar-refractivity contribution >= 4 is 49.2 Å². The number of amides is 1. The molecule has 168 valence electrons. The van der Waals surface area contributed by atoms with Crippen molar-refractivity contribution in [3.8, 4) is 0 Å². The average molecular weight is 484 g/mol. The summed E-state index contributed by atoms with van der Waals surface area (Å²) in [5.41, 5.74) is 7.28. The molecule has 3 N–H and O–H groups in total. The molecular weight excluding hydrogens is 465 g/mol. The van der Waals surface area contributed by atoms with Crippen LogP contribution in [-0.4, -0.2) is 20.1 Å². The van der Waals surface area contributed by atoms with Crippen LogP contribution in [0.4, 0.5) is 20.8 Å². The summed E-state index contributed by atoms with van der Waals surface area (Å²) >= 11 is 1.31. The van der Waals surface area contributed by atoms with Crippen LogP contribution in [0, 0.1) is 18.7 Å². The van der Waals surface area contributed by atoms with Crippen molar-refractivity contribution in [3.05, 3.63) is 81.5 Å². The molecule has 10 heteroatoms. The zero-order valence-electron chi connectivity index (χ0n) is 17.3. The molecule has 0 spiro atoms. The Morgan fingerprint density at radius 1 is 1.12 bits per heavy atom. The third-order valence-electron chi connectivity index (χ3n) is 5.56. The first-order valence-electron chi connectivity index (χ1n) is 9.98. The van der Waals surface area contributed by atoms with Crippen LogP contribution in [0.25, 0.3) is 0 Å². The SMILES string of the molecule is Cc1cc2c(s1)N(Cc1ccc(F)cc1)C(=O)C(C1=CS(=O)(=O)c3cc(N)ccc3N1)C2=O. The third-order valence-corrected chi connectivity index (χ3v) is 8.15. The van der Waals surface area contributed by atoms with Crippen molar-refractivity contribution in [3.63, 3.8) is 0 Å². The minimum absolute atomic E-state index is 0.0131. The molecule has 3 aromatic rings. The third kappa shape index (κ3) is 3.61. The monoisotopic (exact) mass is 483 g/mol. The van der Waals surface area contributed by atoms with E-state index in [9.17, 15) is 22.4 Å². The fourth-order valence-electron chi connectivity index (χ4n) is 4.03. The minimum atomic E-state index is -3.93. The van der Waals surface area contributed by atoms with Gasteiger partial charge in [-0.15, -0.1) is 11.3 Å². The van der Waals surface area contributed by atoms with Gasteiger partial charge < -0.3 is 11.1 Å². The van der Waals surface area contributed by atoms with Crippen LogP contribution in [-0.2, 0) is 21.2 Å². The maximum absolute atomic E-state index is 13.6. The van der Waals surface area contributed by atoms with E-state index in [1.54, 1.807) is 18.2 Å². The number of aryl methyl sites for hydroxylation is 1. The van der Waals surface area contributed by atoms with E-state index in [0.29, 0.717) is 16.1 Å². The number of thiophene rings is 1. The van der Waals surface area contributed by atoms with Crippen LogP contribution in [0.5, 0.6) is 0 Å². The molecule has 5 rings (SSSR count). The van der Waals surface area contributed by atoms with Crippen molar-refractivity contribution in [2.75, 3.05) is 16.0 Å². The van der Waals surface area contributed by atoms with Gasteiger partial charge in [-0.2, -0.15) is 0 Å². The topological polar surface area (TPSA) is 110 Å². The van der Waals surface area contributed by atoms with Gasteiger partial charge in [0.05, 0.1) is 28.1 Å². The summed E-state index contributed by atoms with van der Waals surface area (Å²) in [5, 5.41) is 4.37. The number of fused-ring (bicyclic) bond motifs is 2. The second kappa shape index (κ2) is 7.53. The highest BCUT2D eigenvalue weighted by molar-refractivity contribution is 7.94. The molecule has 1 unspecified atom stereocenters. The molecule has 0 bridgehead atoms. The number of rotatable bonds is 3. The highest BCUT2D eigenvalue weighted by Gasteiger charge is 2.44. The maximum Gasteiger partial charge on any atom is 0.244 e. The van der Waals surface area contributed by atoms with Crippen molar-refractivity contribution in [2.45, 2.75) is 18.4 Å². The summed E-state index contributed by atoms with van der Waals surface area (Å²) in [6.07, 6.45) is 0. The van der Waals surface area contributed by atoms with Gasteiger partial charge in [-0.05, 0) is 48.9 Å². The Morgan fingerprint density at radius 2 is 1.85 bits per heavy atom. The normalized spacial score (nSPS) is 18.9. The van der Waals surface area contributed by atoms with E-state index >= 15 is 0 Å². The molecule has 2 aromatic carbocycles. The second-order valence-electron chi connectivity index (χ2n) is 7.92. The number of benzene rings is 2. The van der Waals surface area contributed by atoms with E-state index in [-0.39, 0.29) is 28.5 Å². The Balaban J connectivity index is 1.59. The van der Waals surface area contributed by atoms with Crippen molar-refractivity contribution < 1.29 is 22.4 Å². The molecule has 33 heavy (non-hydrogen) atoms. The average Bonchev–Trinajstić information content (AvgIpc) is 3.15. The number of anilines is 3. The van der Waals surface area contributed by atoms with E-state index in [1.165, 1.54) is 46.6 Å². The molecule has 3 heterocycles. The van der Waals surface area contributed by atoms with Gasteiger partial charge in [0, 0.05) is 16.3 Å². The number of nitrogens with one attached hydrogen (secondary N) is 1. The quantitative estimate of drug-likeness (QED) is 0.432. The summed E-state index contributed by atoms with van der Waals surface area (Å²) in [6.45, 7) is 1.94. The molecule has 0 aliphatic carbocycles. The van der Waals surface area contributed by atoms with Crippen LogP contribution < -0.4 is 16.0 Å². The number of carbonyl (C=O) groups excluding carboxylic acids is 2. The predicted octanol–water partition coefficient (Wildman–Crippen LogP) is 3.86. The number of ketones is 1. The van der Waals surface area contributed by atoms with Crippen LogP contribution in [0.15, 0.2) is 64.5 Å². The molecular formula is C23H18FN3O4S2.